The highest BCUT2D eigenvalue weighted by Gasteiger charge is 2.20. The van der Waals surface area contributed by atoms with Crippen molar-refractivity contribution in [2.45, 2.75) is 45.8 Å². The third kappa shape index (κ3) is 2.73. The lowest BCUT2D eigenvalue weighted by atomic mass is 9.96. The summed E-state index contributed by atoms with van der Waals surface area (Å²) in [6.45, 7) is 5.92. The summed E-state index contributed by atoms with van der Waals surface area (Å²) in [5.74, 6) is 1.01. The number of nitrogens with one attached hydrogen (secondary N) is 1. The quantitative estimate of drug-likeness (QED) is 0.827. The van der Waals surface area contributed by atoms with Gasteiger partial charge in [-0.05, 0) is 32.7 Å². The Bertz CT molecular complexity index is 348. The summed E-state index contributed by atoms with van der Waals surface area (Å²) in [6, 6.07) is 2.05. The first-order valence-corrected chi connectivity index (χ1v) is 6.12. The van der Waals surface area contributed by atoms with Crippen molar-refractivity contribution < 1.29 is 4.74 Å². The second-order valence-electron chi connectivity index (χ2n) is 4.38. The van der Waals surface area contributed by atoms with Crippen LogP contribution < -0.4 is 10.1 Å². The molecule has 0 radical (unpaired) electrons. The van der Waals surface area contributed by atoms with Gasteiger partial charge < -0.3 is 10.1 Å². The molecule has 0 aromatic carbocycles. The molecule has 0 spiro atoms. The van der Waals surface area contributed by atoms with E-state index in [2.05, 4.69) is 17.2 Å². The standard InChI is InChI=1S/C13H20N2O/c1-3-14-8-11-9-15-10(2)7-13(11)16-12-5-4-6-12/h7,9,12,14H,3-6,8H2,1-2H3. The average molecular weight is 220 g/mol. The van der Waals surface area contributed by atoms with Crippen molar-refractivity contribution in [3.05, 3.63) is 23.5 Å². The Morgan fingerprint density at radius 2 is 2.31 bits per heavy atom. The number of hydrogen-bond acceptors (Lipinski definition) is 3. The van der Waals surface area contributed by atoms with Crippen LogP contribution in [0.4, 0.5) is 0 Å². The van der Waals surface area contributed by atoms with Gasteiger partial charge in [0.15, 0.2) is 0 Å². The molecule has 1 N–H and O–H groups in total. The van der Waals surface area contributed by atoms with Crippen LogP contribution in [0.5, 0.6) is 5.75 Å². The highest BCUT2D eigenvalue weighted by molar-refractivity contribution is 5.33. The van der Waals surface area contributed by atoms with Gasteiger partial charge in [0.2, 0.25) is 0 Å². The molecule has 3 heteroatoms. The molecule has 3 nitrogen and oxygen atoms in total. The molecule has 0 amide bonds. The molecule has 0 bridgehead atoms. The summed E-state index contributed by atoms with van der Waals surface area (Å²) in [7, 11) is 0. The topological polar surface area (TPSA) is 34.2 Å². The maximum absolute atomic E-state index is 5.98. The molecule has 1 aromatic heterocycles. The number of hydrogen-bond donors (Lipinski definition) is 1. The Morgan fingerprint density at radius 3 is 2.94 bits per heavy atom. The SMILES string of the molecule is CCNCc1cnc(C)cc1OC1CCC1. The lowest BCUT2D eigenvalue weighted by Gasteiger charge is -2.27. The largest absolute Gasteiger partial charge is 0.490 e. The highest BCUT2D eigenvalue weighted by atomic mass is 16.5. The summed E-state index contributed by atoms with van der Waals surface area (Å²) in [4.78, 5) is 4.32. The molecular weight excluding hydrogens is 200 g/mol. The fourth-order valence-electron chi connectivity index (χ4n) is 1.73. The summed E-state index contributed by atoms with van der Waals surface area (Å²) in [5.41, 5.74) is 2.19. The van der Waals surface area contributed by atoms with Crippen LogP contribution in [0.25, 0.3) is 0 Å². The van der Waals surface area contributed by atoms with E-state index in [-0.39, 0.29) is 0 Å². The van der Waals surface area contributed by atoms with Gasteiger partial charge in [0.05, 0.1) is 6.10 Å². The lowest BCUT2D eigenvalue weighted by molar-refractivity contribution is 0.118. The molecule has 1 aliphatic carbocycles. The van der Waals surface area contributed by atoms with Gasteiger partial charge in [-0.3, -0.25) is 4.98 Å². The van der Waals surface area contributed by atoms with E-state index in [1.165, 1.54) is 24.8 Å². The van der Waals surface area contributed by atoms with Crippen molar-refractivity contribution in [2.24, 2.45) is 0 Å². The van der Waals surface area contributed by atoms with Crippen molar-refractivity contribution in [3.63, 3.8) is 0 Å². The third-order valence-corrected chi connectivity index (χ3v) is 2.99. The van der Waals surface area contributed by atoms with Gasteiger partial charge >= 0.3 is 0 Å². The normalized spacial score (nSPS) is 15.9. The fraction of sp³-hybridized carbons (Fsp3) is 0.615. The van der Waals surface area contributed by atoms with E-state index in [0.717, 1.165) is 24.5 Å². The first-order chi connectivity index (χ1) is 7.79. The number of aromatic nitrogens is 1. The van der Waals surface area contributed by atoms with E-state index in [1.54, 1.807) is 0 Å². The Labute approximate surface area is 97.2 Å². The van der Waals surface area contributed by atoms with Crippen LogP contribution in [0.15, 0.2) is 12.3 Å². The summed E-state index contributed by atoms with van der Waals surface area (Å²) in [5, 5.41) is 3.31. The van der Waals surface area contributed by atoms with Crippen molar-refractivity contribution >= 4 is 0 Å². The predicted molar refractivity (Wildman–Crippen MR) is 64.6 cm³/mol. The Balaban J connectivity index is 2.07. The number of pyridine rings is 1. The van der Waals surface area contributed by atoms with Crippen molar-refractivity contribution in [2.75, 3.05) is 6.54 Å². The predicted octanol–water partition coefficient (Wildman–Crippen LogP) is 2.43. The first-order valence-electron chi connectivity index (χ1n) is 6.12. The molecule has 1 aromatic rings. The molecule has 0 saturated heterocycles. The molecule has 2 rings (SSSR count). The molecule has 88 valence electrons. The summed E-state index contributed by atoms with van der Waals surface area (Å²) >= 11 is 0. The van der Waals surface area contributed by atoms with Crippen LogP contribution >= 0.6 is 0 Å². The maximum Gasteiger partial charge on any atom is 0.127 e. The zero-order chi connectivity index (χ0) is 11.4. The van der Waals surface area contributed by atoms with E-state index in [9.17, 15) is 0 Å². The van der Waals surface area contributed by atoms with E-state index in [0.29, 0.717) is 6.10 Å². The van der Waals surface area contributed by atoms with E-state index in [4.69, 9.17) is 4.74 Å². The highest BCUT2D eigenvalue weighted by Crippen LogP contribution is 2.27. The smallest absolute Gasteiger partial charge is 0.127 e. The molecule has 1 fully saturated rings. The molecule has 0 unspecified atom stereocenters. The molecular formula is C13H20N2O. The van der Waals surface area contributed by atoms with E-state index < -0.39 is 0 Å². The Hall–Kier alpha value is -1.09. The van der Waals surface area contributed by atoms with Crippen LogP contribution in [-0.4, -0.2) is 17.6 Å². The van der Waals surface area contributed by atoms with Crippen LogP contribution in [-0.2, 0) is 6.54 Å². The molecule has 1 aliphatic rings. The zero-order valence-corrected chi connectivity index (χ0v) is 10.1. The van der Waals surface area contributed by atoms with Crippen molar-refractivity contribution in [3.8, 4) is 5.75 Å². The monoisotopic (exact) mass is 220 g/mol. The molecule has 1 saturated carbocycles. The molecule has 0 atom stereocenters. The van der Waals surface area contributed by atoms with Gasteiger partial charge in [-0.2, -0.15) is 0 Å². The van der Waals surface area contributed by atoms with Gasteiger partial charge in [-0.25, -0.2) is 0 Å². The minimum Gasteiger partial charge on any atom is -0.490 e. The van der Waals surface area contributed by atoms with Crippen LogP contribution in [0, 0.1) is 6.92 Å². The van der Waals surface area contributed by atoms with Gasteiger partial charge in [0.1, 0.15) is 5.75 Å². The second kappa shape index (κ2) is 5.30. The minimum absolute atomic E-state index is 0.433. The fourth-order valence-corrected chi connectivity index (χ4v) is 1.73. The van der Waals surface area contributed by atoms with Gasteiger partial charge in [-0.1, -0.05) is 6.92 Å². The minimum atomic E-state index is 0.433. The number of ether oxygens (including phenoxy) is 1. The average Bonchev–Trinajstić information content (AvgIpc) is 2.22. The van der Waals surface area contributed by atoms with Crippen molar-refractivity contribution in [1.29, 1.82) is 0 Å². The first kappa shape index (κ1) is 11.4. The molecule has 1 heterocycles. The van der Waals surface area contributed by atoms with E-state index >= 15 is 0 Å². The van der Waals surface area contributed by atoms with Crippen molar-refractivity contribution in [1.82, 2.24) is 10.3 Å². The third-order valence-electron chi connectivity index (χ3n) is 2.99. The number of nitrogens with zero attached hydrogens (tertiary/aromatic N) is 1. The van der Waals surface area contributed by atoms with Crippen LogP contribution in [0.2, 0.25) is 0 Å². The summed E-state index contributed by atoms with van der Waals surface area (Å²) in [6.07, 6.45) is 6.05. The molecule has 16 heavy (non-hydrogen) atoms. The van der Waals surface area contributed by atoms with Gasteiger partial charge in [0.25, 0.3) is 0 Å². The molecule has 0 aliphatic heterocycles. The maximum atomic E-state index is 5.98. The number of aryl methyl sites for hydroxylation is 1. The Kier molecular flexibility index (Phi) is 3.78. The Morgan fingerprint density at radius 1 is 1.50 bits per heavy atom. The zero-order valence-electron chi connectivity index (χ0n) is 10.1. The van der Waals surface area contributed by atoms with E-state index in [1.807, 2.05) is 19.2 Å². The number of rotatable bonds is 5. The van der Waals surface area contributed by atoms with Gasteiger partial charge in [-0.15, -0.1) is 0 Å². The van der Waals surface area contributed by atoms with Crippen LogP contribution in [0.1, 0.15) is 37.4 Å². The second-order valence-corrected chi connectivity index (χ2v) is 4.38. The van der Waals surface area contributed by atoms with Crippen LogP contribution in [0.3, 0.4) is 0 Å². The summed E-state index contributed by atoms with van der Waals surface area (Å²) < 4.78 is 5.98. The lowest BCUT2D eigenvalue weighted by Crippen LogP contribution is -2.25. The van der Waals surface area contributed by atoms with Gasteiger partial charge in [0, 0.05) is 30.1 Å².